The van der Waals surface area contributed by atoms with Crippen molar-refractivity contribution in [1.29, 1.82) is 0 Å². The molecule has 0 spiro atoms. The quantitative estimate of drug-likeness (QED) is 0.497. The van der Waals surface area contributed by atoms with E-state index in [1.807, 2.05) is 0 Å². The SMILES string of the molecule is C[C@H]1CCCc2sc3nc(SCCN4CCOCC4)n(N)c(=O)c3c21. The van der Waals surface area contributed by atoms with E-state index in [9.17, 15) is 4.79 Å². The third-order valence-corrected chi connectivity index (χ3v) is 7.21. The van der Waals surface area contributed by atoms with E-state index in [2.05, 4.69) is 11.8 Å². The van der Waals surface area contributed by atoms with Crippen LogP contribution in [-0.4, -0.2) is 53.2 Å². The van der Waals surface area contributed by atoms with Crippen LogP contribution in [0, 0.1) is 0 Å². The van der Waals surface area contributed by atoms with E-state index >= 15 is 0 Å². The van der Waals surface area contributed by atoms with Crippen molar-refractivity contribution in [3.8, 4) is 0 Å². The predicted molar refractivity (Wildman–Crippen MR) is 103 cm³/mol. The summed E-state index contributed by atoms with van der Waals surface area (Å²) >= 11 is 3.25. The van der Waals surface area contributed by atoms with Crippen molar-refractivity contribution in [3.63, 3.8) is 0 Å². The fourth-order valence-electron chi connectivity index (χ4n) is 3.72. The zero-order chi connectivity index (χ0) is 17.4. The lowest BCUT2D eigenvalue weighted by Crippen LogP contribution is -2.37. The first-order valence-corrected chi connectivity index (χ1v) is 10.7. The van der Waals surface area contributed by atoms with Gasteiger partial charge in [-0.3, -0.25) is 9.69 Å². The summed E-state index contributed by atoms with van der Waals surface area (Å²) in [6.45, 7) is 6.70. The second-order valence-corrected chi connectivity index (χ2v) is 8.93. The van der Waals surface area contributed by atoms with Crippen LogP contribution in [0.5, 0.6) is 0 Å². The van der Waals surface area contributed by atoms with Crippen molar-refractivity contribution in [2.45, 2.75) is 37.3 Å². The minimum Gasteiger partial charge on any atom is -0.379 e. The number of hydrogen-bond acceptors (Lipinski definition) is 7. The highest BCUT2D eigenvalue weighted by Crippen LogP contribution is 2.40. The highest BCUT2D eigenvalue weighted by molar-refractivity contribution is 7.99. The number of nitrogens with zero attached hydrogens (tertiary/aromatic N) is 3. The molecular weight excluding hydrogens is 356 g/mol. The number of hydrogen-bond donors (Lipinski definition) is 1. The second-order valence-electron chi connectivity index (χ2n) is 6.78. The summed E-state index contributed by atoms with van der Waals surface area (Å²) in [4.78, 5) is 22.2. The molecule has 1 saturated heterocycles. The molecule has 1 atom stereocenters. The Morgan fingerprint density at radius 3 is 3.00 bits per heavy atom. The van der Waals surface area contributed by atoms with E-state index in [4.69, 9.17) is 15.6 Å². The van der Waals surface area contributed by atoms with Gasteiger partial charge in [0.25, 0.3) is 5.56 Å². The van der Waals surface area contributed by atoms with Crippen molar-refractivity contribution >= 4 is 33.3 Å². The molecule has 0 radical (unpaired) electrons. The van der Waals surface area contributed by atoms with Gasteiger partial charge in [-0.15, -0.1) is 11.3 Å². The molecule has 4 rings (SSSR count). The predicted octanol–water partition coefficient (Wildman–Crippen LogP) is 2.04. The molecule has 1 aliphatic heterocycles. The number of aromatic nitrogens is 2. The summed E-state index contributed by atoms with van der Waals surface area (Å²) in [6, 6.07) is 0. The zero-order valence-electron chi connectivity index (χ0n) is 14.5. The first-order valence-electron chi connectivity index (χ1n) is 8.91. The van der Waals surface area contributed by atoms with Gasteiger partial charge in [0.05, 0.1) is 18.6 Å². The lowest BCUT2D eigenvalue weighted by Gasteiger charge is -2.26. The Balaban J connectivity index is 1.58. The largest absolute Gasteiger partial charge is 0.379 e. The molecule has 6 nitrogen and oxygen atoms in total. The van der Waals surface area contributed by atoms with Crippen LogP contribution >= 0.6 is 23.1 Å². The van der Waals surface area contributed by atoms with Crippen molar-refractivity contribution in [3.05, 3.63) is 20.8 Å². The van der Waals surface area contributed by atoms with E-state index in [-0.39, 0.29) is 5.56 Å². The Morgan fingerprint density at radius 1 is 1.40 bits per heavy atom. The van der Waals surface area contributed by atoms with E-state index in [1.54, 1.807) is 23.1 Å². The molecule has 0 amide bonds. The standard InChI is InChI=1S/C17H24N4O2S2/c1-11-3-2-4-12-13(11)14-15(25-12)19-17(21(18)16(14)22)24-10-7-20-5-8-23-9-6-20/h11H,2-10,18H2,1H3/t11-/m0/s1. The van der Waals surface area contributed by atoms with Crippen LogP contribution in [0.3, 0.4) is 0 Å². The summed E-state index contributed by atoms with van der Waals surface area (Å²) in [7, 11) is 0. The van der Waals surface area contributed by atoms with Crippen molar-refractivity contribution in [2.75, 3.05) is 44.4 Å². The van der Waals surface area contributed by atoms with Crippen LogP contribution in [0.4, 0.5) is 0 Å². The maximum atomic E-state index is 12.9. The maximum absolute atomic E-state index is 12.9. The number of ether oxygens (including phenoxy) is 1. The summed E-state index contributed by atoms with van der Waals surface area (Å²) in [5.41, 5.74) is 1.11. The Kier molecular flexibility index (Phi) is 5.04. The van der Waals surface area contributed by atoms with Gasteiger partial charge in [0.15, 0.2) is 5.16 Å². The van der Waals surface area contributed by atoms with Gasteiger partial charge in [0, 0.05) is 30.3 Å². The molecule has 0 saturated carbocycles. The molecular formula is C17H24N4O2S2. The highest BCUT2D eigenvalue weighted by atomic mass is 32.2. The highest BCUT2D eigenvalue weighted by Gasteiger charge is 2.26. The van der Waals surface area contributed by atoms with Gasteiger partial charge in [-0.1, -0.05) is 18.7 Å². The molecule has 2 N–H and O–H groups in total. The van der Waals surface area contributed by atoms with Gasteiger partial charge in [-0.25, -0.2) is 9.66 Å². The van der Waals surface area contributed by atoms with E-state index in [0.29, 0.717) is 11.1 Å². The topological polar surface area (TPSA) is 73.4 Å². The molecule has 0 bridgehead atoms. The van der Waals surface area contributed by atoms with Gasteiger partial charge >= 0.3 is 0 Å². The lowest BCUT2D eigenvalue weighted by molar-refractivity contribution is 0.0410. The normalized spacial score (nSPS) is 21.6. The molecule has 1 fully saturated rings. The van der Waals surface area contributed by atoms with Gasteiger partial charge < -0.3 is 10.6 Å². The smallest absolute Gasteiger partial charge is 0.281 e. The minimum absolute atomic E-state index is 0.0925. The Bertz CT molecular complexity index is 826. The number of aryl methyl sites for hydroxylation is 1. The molecule has 2 aromatic rings. The minimum atomic E-state index is -0.0925. The van der Waals surface area contributed by atoms with Gasteiger partial charge in [0.1, 0.15) is 4.83 Å². The number of morpholine rings is 1. The third kappa shape index (κ3) is 3.32. The molecule has 2 aliphatic rings. The fraction of sp³-hybridized carbons (Fsp3) is 0.647. The molecule has 3 heterocycles. The average Bonchev–Trinajstić information content (AvgIpc) is 3.00. The summed E-state index contributed by atoms with van der Waals surface area (Å²) in [5, 5.41) is 1.38. The van der Waals surface area contributed by atoms with Crippen molar-refractivity contribution in [2.24, 2.45) is 0 Å². The maximum Gasteiger partial charge on any atom is 0.281 e. The molecule has 1 aliphatic carbocycles. The number of thioether (sulfide) groups is 1. The summed E-state index contributed by atoms with van der Waals surface area (Å²) < 4.78 is 6.62. The Hall–Kier alpha value is -1.09. The summed E-state index contributed by atoms with van der Waals surface area (Å²) in [6.07, 6.45) is 3.39. The van der Waals surface area contributed by atoms with E-state index < -0.39 is 0 Å². The fourth-order valence-corrected chi connectivity index (χ4v) is 6.02. The lowest BCUT2D eigenvalue weighted by atomic mass is 9.88. The molecule has 2 aromatic heterocycles. The van der Waals surface area contributed by atoms with Gasteiger partial charge in [0.2, 0.25) is 0 Å². The van der Waals surface area contributed by atoms with Gasteiger partial charge in [-0.05, 0) is 30.7 Å². The number of nitrogens with two attached hydrogens (primary N) is 1. The average molecular weight is 381 g/mol. The number of thiophene rings is 1. The van der Waals surface area contributed by atoms with Crippen molar-refractivity contribution < 1.29 is 4.74 Å². The number of fused-ring (bicyclic) bond motifs is 3. The van der Waals surface area contributed by atoms with Crippen LogP contribution in [0.1, 0.15) is 36.1 Å². The molecule has 0 unspecified atom stereocenters. The molecule has 8 heteroatoms. The number of nitrogen functional groups attached to an aromatic ring is 1. The zero-order valence-corrected chi connectivity index (χ0v) is 16.1. The van der Waals surface area contributed by atoms with E-state index in [1.165, 1.54) is 21.5 Å². The Labute approximate surface area is 155 Å². The molecule has 25 heavy (non-hydrogen) atoms. The third-order valence-electron chi connectivity index (χ3n) is 5.12. The second kappa shape index (κ2) is 7.26. The summed E-state index contributed by atoms with van der Waals surface area (Å²) in [5.74, 6) is 7.39. The van der Waals surface area contributed by atoms with Crippen LogP contribution < -0.4 is 11.4 Å². The molecule has 136 valence electrons. The van der Waals surface area contributed by atoms with Gasteiger partial charge in [-0.2, -0.15) is 0 Å². The van der Waals surface area contributed by atoms with E-state index in [0.717, 1.165) is 61.7 Å². The monoisotopic (exact) mass is 380 g/mol. The van der Waals surface area contributed by atoms with Crippen LogP contribution in [0.2, 0.25) is 0 Å². The molecule has 0 aromatic carbocycles. The van der Waals surface area contributed by atoms with Crippen LogP contribution in [0.15, 0.2) is 9.95 Å². The van der Waals surface area contributed by atoms with Crippen LogP contribution in [-0.2, 0) is 11.2 Å². The first-order chi connectivity index (χ1) is 12.1. The Morgan fingerprint density at radius 2 is 2.20 bits per heavy atom. The number of rotatable bonds is 4. The van der Waals surface area contributed by atoms with Crippen LogP contribution in [0.25, 0.3) is 10.2 Å². The van der Waals surface area contributed by atoms with Crippen molar-refractivity contribution in [1.82, 2.24) is 14.6 Å². The first kappa shape index (κ1) is 17.3.